The Kier molecular flexibility index (Phi) is 2.39. The molecule has 0 aromatic heterocycles. The second-order valence-corrected chi connectivity index (χ2v) is 5.68. The van der Waals surface area contributed by atoms with Crippen LogP contribution in [0.5, 0.6) is 0 Å². The van der Waals surface area contributed by atoms with E-state index in [1.54, 1.807) is 0 Å². The van der Waals surface area contributed by atoms with E-state index in [1.165, 1.54) is 12.8 Å². The molecule has 1 aliphatic heterocycles. The number of rotatable bonds is 3. The molecular formula is C12H23NO. The van der Waals surface area contributed by atoms with Gasteiger partial charge in [-0.3, -0.25) is 0 Å². The van der Waals surface area contributed by atoms with Gasteiger partial charge in [0.1, 0.15) is 0 Å². The predicted molar refractivity (Wildman–Crippen MR) is 58.1 cm³/mol. The molecule has 14 heavy (non-hydrogen) atoms. The summed E-state index contributed by atoms with van der Waals surface area (Å²) in [6, 6.07) is 0. The smallest absolute Gasteiger partial charge is 0.0718 e. The molecule has 0 radical (unpaired) electrons. The average molecular weight is 197 g/mol. The summed E-state index contributed by atoms with van der Waals surface area (Å²) in [6.07, 6.45) is 5.19. The van der Waals surface area contributed by atoms with Crippen molar-refractivity contribution in [2.45, 2.75) is 58.2 Å². The molecule has 1 aliphatic carbocycles. The fourth-order valence-corrected chi connectivity index (χ4v) is 3.15. The first kappa shape index (κ1) is 10.4. The van der Waals surface area contributed by atoms with E-state index in [1.807, 2.05) is 0 Å². The van der Waals surface area contributed by atoms with Gasteiger partial charge in [0.05, 0.1) is 11.7 Å². The zero-order chi connectivity index (χ0) is 10.4. The lowest BCUT2D eigenvalue weighted by molar-refractivity contribution is -0.0623. The minimum Gasteiger partial charge on any atom is -0.370 e. The van der Waals surface area contributed by atoms with Crippen molar-refractivity contribution in [3.8, 4) is 0 Å². The lowest BCUT2D eigenvalue weighted by Gasteiger charge is -2.30. The molecule has 3 atom stereocenters. The quantitative estimate of drug-likeness (QED) is 0.753. The molecule has 0 bridgehead atoms. The van der Waals surface area contributed by atoms with Gasteiger partial charge < -0.3 is 10.5 Å². The molecule has 3 unspecified atom stereocenters. The van der Waals surface area contributed by atoms with Crippen LogP contribution in [-0.4, -0.2) is 18.2 Å². The second-order valence-electron chi connectivity index (χ2n) is 5.68. The third-order valence-electron chi connectivity index (χ3n) is 4.30. The van der Waals surface area contributed by atoms with Gasteiger partial charge in [-0.1, -0.05) is 20.8 Å². The van der Waals surface area contributed by atoms with Crippen LogP contribution >= 0.6 is 0 Å². The lowest BCUT2D eigenvalue weighted by Crippen LogP contribution is -2.34. The summed E-state index contributed by atoms with van der Waals surface area (Å²) < 4.78 is 6.18. The molecule has 2 rings (SSSR count). The summed E-state index contributed by atoms with van der Waals surface area (Å²) in [5.41, 5.74) is 6.36. The Bertz CT molecular complexity index is 226. The van der Waals surface area contributed by atoms with Crippen molar-refractivity contribution in [2.75, 3.05) is 6.54 Å². The van der Waals surface area contributed by atoms with Crippen molar-refractivity contribution in [3.05, 3.63) is 0 Å². The highest BCUT2D eigenvalue weighted by molar-refractivity contribution is 5.09. The van der Waals surface area contributed by atoms with Crippen molar-refractivity contribution in [1.29, 1.82) is 0 Å². The molecule has 82 valence electrons. The van der Waals surface area contributed by atoms with Crippen molar-refractivity contribution in [3.63, 3.8) is 0 Å². The van der Waals surface area contributed by atoms with E-state index in [2.05, 4.69) is 20.8 Å². The molecule has 2 fully saturated rings. The first-order valence-electron chi connectivity index (χ1n) is 5.92. The highest BCUT2D eigenvalue weighted by Gasteiger charge is 2.59. The summed E-state index contributed by atoms with van der Waals surface area (Å²) >= 11 is 0. The molecule has 2 heteroatoms. The molecule has 0 spiro atoms. The summed E-state index contributed by atoms with van der Waals surface area (Å²) in [6.45, 7) is 7.66. The third kappa shape index (κ3) is 1.49. The van der Waals surface area contributed by atoms with Gasteiger partial charge >= 0.3 is 0 Å². The van der Waals surface area contributed by atoms with Crippen LogP contribution in [0.3, 0.4) is 0 Å². The predicted octanol–water partition coefficient (Wildman–Crippen LogP) is 2.32. The van der Waals surface area contributed by atoms with E-state index in [9.17, 15) is 0 Å². The first-order chi connectivity index (χ1) is 6.54. The molecule has 1 heterocycles. The molecule has 0 aromatic rings. The number of hydrogen-bond acceptors (Lipinski definition) is 2. The maximum Gasteiger partial charge on any atom is 0.0718 e. The summed E-state index contributed by atoms with van der Waals surface area (Å²) in [5.74, 6) is 0.775. The summed E-state index contributed by atoms with van der Waals surface area (Å²) in [4.78, 5) is 0. The second kappa shape index (κ2) is 3.21. The van der Waals surface area contributed by atoms with Gasteiger partial charge in [0.25, 0.3) is 0 Å². The van der Waals surface area contributed by atoms with Crippen LogP contribution < -0.4 is 5.73 Å². The Morgan fingerprint density at radius 2 is 2.07 bits per heavy atom. The van der Waals surface area contributed by atoms with E-state index in [0.717, 1.165) is 18.8 Å². The molecule has 1 saturated carbocycles. The van der Waals surface area contributed by atoms with Gasteiger partial charge in [0.2, 0.25) is 0 Å². The van der Waals surface area contributed by atoms with Gasteiger partial charge in [-0.15, -0.1) is 0 Å². The highest BCUT2D eigenvalue weighted by atomic mass is 16.5. The topological polar surface area (TPSA) is 35.2 Å². The lowest BCUT2D eigenvalue weighted by atomic mass is 9.87. The fraction of sp³-hybridized carbons (Fsp3) is 1.00. The number of hydrogen-bond donors (Lipinski definition) is 1. The minimum atomic E-state index is 0.174. The van der Waals surface area contributed by atoms with Crippen molar-refractivity contribution in [2.24, 2.45) is 17.1 Å². The highest BCUT2D eigenvalue weighted by Crippen LogP contribution is 2.62. The molecule has 0 aromatic carbocycles. The molecule has 1 saturated heterocycles. The minimum absolute atomic E-state index is 0.174. The molecule has 2 N–H and O–H groups in total. The molecule has 0 amide bonds. The molecule has 2 nitrogen and oxygen atoms in total. The Morgan fingerprint density at radius 1 is 1.43 bits per heavy atom. The largest absolute Gasteiger partial charge is 0.370 e. The van der Waals surface area contributed by atoms with Gasteiger partial charge in [-0.25, -0.2) is 0 Å². The fourth-order valence-electron chi connectivity index (χ4n) is 3.15. The maximum absolute atomic E-state index is 6.18. The first-order valence-corrected chi connectivity index (χ1v) is 5.92. The summed E-state index contributed by atoms with van der Waals surface area (Å²) in [7, 11) is 0. The van der Waals surface area contributed by atoms with Gasteiger partial charge in [-0.05, 0) is 37.0 Å². The summed E-state index contributed by atoms with van der Waals surface area (Å²) in [5, 5.41) is 0. The van der Waals surface area contributed by atoms with Crippen LogP contribution in [0.15, 0.2) is 0 Å². The van der Waals surface area contributed by atoms with Gasteiger partial charge in [0, 0.05) is 6.54 Å². The van der Waals surface area contributed by atoms with E-state index >= 15 is 0 Å². The van der Waals surface area contributed by atoms with Crippen molar-refractivity contribution < 1.29 is 4.74 Å². The van der Waals surface area contributed by atoms with Crippen LogP contribution in [0.25, 0.3) is 0 Å². The Morgan fingerprint density at radius 3 is 2.43 bits per heavy atom. The van der Waals surface area contributed by atoms with Crippen LogP contribution in [0, 0.1) is 11.3 Å². The third-order valence-corrected chi connectivity index (χ3v) is 4.30. The zero-order valence-corrected chi connectivity index (χ0v) is 9.68. The van der Waals surface area contributed by atoms with Crippen molar-refractivity contribution in [1.82, 2.24) is 0 Å². The van der Waals surface area contributed by atoms with Crippen LogP contribution in [0.4, 0.5) is 0 Å². The number of nitrogens with two attached hydrogens (primary N) is 1. The molecule has 2 aliphatic rings. The average Bonchev–Trinajstić information content (AvgIpc) is 2.67. The standard InChI is InChI=1S/C12H23NO/c1-4-12(10-7-11(10,2)3)6-5-9(8-13)14-12/h9-10H,4-8,13H2,1-3H3. The van der Waals surface area contributed by atoms with Crippen LogP contribution in [0.1, 0.15) is 46.5 Å². The Labute approximate surface area is 87.2 Å². The Hall–Kier alpha value is -0.0800. The van der Waals surface area contributed by atoms with Gasteiger partial charge in [-0.2, -0.15) is 0 Å². The van der Waals surface area contributed by atoms with E-state index < -0.39 is 0 Å². The Balaban J connectivity index is 2.06. The molecular weight excluding hydrogens is 174 g/mol. The van der Waals surface area contributed by atoms with Crippen LogP contribution in [-0.2, 0) is 4.74 Å². The van der Waals surface area contributed by atoms with Crippen LogP contribution in [0.2, 0.25) is 0 Å². The SMILES string of the molecule is CCC1(C2CC2(C)C)CCC(CN)O1. The van der Waals surface area contributed by atoms with Crippen molar-refractivity contribution >= 4 is 0 Å². The monoisotopic (exact) mass is 197 g/mol. The zero-order valence-electron chi connectivity index (χ0n) is 9.68. The van der Waals surface area contributed by atoms with E-state index in [0.29, 0.717) is 18.1 Å². The maximum atomic E-state index is 6.18. The number of ether oxygens (including phenoxy) is 1. The van der Waals surface area contributed by atoms with Gasteiger partial charge in [0.15, 0.2) is 0 Å². The normalized spacial score (nSPS) is 45.4. The van der Waals surface area contributed by atoms with E-state index in [-0.39, 0.29) is 5.60 Å². The van der Waals surface area contributed by atoms with E-state index in [4.69, 9.17) is 10.5 Å².